The van der Waals surface area contributed by atoms with Crippen LogP contribution in [0.25, 0.3) is 0 Å². The second-order valence-electron chi connectivity index (χ2n) is 4.76. The number of rotatable bonds is 2. The molecule has 2 aromatic carbocycles. The zero-order valence-electron chi connectivity index (χ0n) is 10.8. The average Bonchev–Trinajstić information content (AvgIpc) is 2.43. The van der Waals surface area contributed by atoms with Crippen LogP contribution in [0.15, 0.2) is 48.2 Å². The second kappa shape index (κ2) is 6.60. The van der Waals surface area contributed by atoms with Crippen molar-refractivity contribution in [2.75, 3.05) is 11.9 Å². The maximum absolute atomic E-state index is 5.73. The van der Waals surface area contributed by atoms with E-state index in [-0.39, 0.29) is 6.04 Å². The Bertz CT molecular complexity index is 666. The summed E-state index contributed by atoms with van der Waals surface area (Å²) in [6.07, 6.45) is 0.929. The van der Waals surface area contributed by atoms with Crippen LogP contribution in [0.3, 0.4) is 0 Å². The van der Waals surface area contributed by atoms with E-state index < -0.39 is 0 Å². The third-order valence-electron chi connectivity index (χ3n) is 3.34. The molecule has 2 aromatic rings. The maximum Gasteiger partial charge on any atom is 0.124 e. The van der Waals surface area contributed by atoms with Crippen molar-refractivity contribution < 1.29 is 4.74 Å². The number of halogens is 4. The SMILES string of the molecule is Brc1cc(Br)c(NC2CCOc3ccc(Br)cc32)c(Br)c1. The van der Waals surface area contributed by atoms with Crippen molar-refractivity contribution in [1.29, 1.82) is 0 Å². The van der Waals surface area contributed by atoms with Crippen molar-refractivity contribution in [3.63, 3.8) is 0 Å². The van der Waals surface area contributed by atoms with Crippen LogP contribution >= 0.6 is 63.7 Å². The summed E-state index contributed by atoms with van der Waals surface area (Å²) >= 11 is 14.3. The molecule has 0 saturated heterocycles. The topological polar surface area (TPSA) is 21.3 Å². The summed E-state index contributed by atoms with van der Waals surface area (Å²) in [5, 5.41) is 3.61. The van der Waals surface area contributed by atoms with Crippen LogP contribution in [0.5, 0.6) is 5.75 Å². The lowest BCUT2D eigenvalue weighted by molar-refractivity contribution is 0.274. The molecular formula is C15H11Br4NO. The minimum absolute atomic E-state index is 0.222. The molecule has 0 amide bonds. The quantitative estimate of drug-likeness (QED) is 0.459. The van der Waals surface area contributed by atoms with Crippen molar-refractivity contribution in [3.05, 3.63) is 53.8 Å². The van der Waals surface area contributed by atoms with Crippen molar-refractivity contribution in [3.8, 4) is 5.75 Å². The molecule has 21 heavy (non-hydrogen) atoms. The van der Waals surface area contributed by atoms with Gasteiger partial charge >= 0.3 is 0 Å². The summed E-state index contributed by atoms with van der Waals surface area (Å²) in [7, 11) is 0. The predicted molar refractivity (Wildman–Crippen MR) is 100 cm³/mol. The van der Waals surface area contributed by atoms with E-state index in [4.69, 9.17) is 4.74 Å². The second-order valence-corrected chi connectivity index (χ2v) is 8.30. The van der Waals surface area contributed by atoms with Crippen LogP contribution in [-0.2, 0) is 0 Å². The highest BCUT2D eigenvalue weighted by molar-refractivity contribution is 9.11. The van der Waals surface area contributed by atoms with Crippen LogP contribution in [0.2, 0.25) is 0 Å². The lowest BCUT2D eigenvalue weighted by Gasteiger charge is -2.28. The van der Waals surface area contributed by atoms with Gasteiger partial charge in [0.25, 0.3) is 0 Å². The molecule has 0 bridgehead atoms. The van der Waals surface area contributed by atoms with E-state index in [9.17, 15) is 0 Å². The van der Waals surface area contributed by atoms with Gasteiger partial charge in [-0.15, -0.1) is 0 Å². The van der Waals surface area contributed by atoms with Gasteiger partial charge in [0.1, 0.15) is 5.75 Å². The molecule has 1 atom stereocenters. The van der Waals surface area contributed by atoms with E-state index in [2.05, 4.69) is 75.1 Å². The maximum atomic E-state index is 5.73. The Labute approximate surface area is 157 Å². The van der Waals surface area contributed by atoms with Gasteiger partial charge in [0.2, 0.25) is 0 Å². The molecule has 0 radical (unpaired) electrons. The van der Waals surface area contributed by atoms with Gasteiger partial charge in [-0.05, 0) is 62.2 Å². The highest BCUT2D eigenvalue weighted by atomic mass is 79.9. The molecule has 2 nitrogen and oxygen atoms in total. The normalized spacial score (nSPS) is 17.0. The third-order valence-corrected chi connectivity index (χ3v) is 5.54. The smallest absolute Gasteiger partial charge is 0.124 e. The minimum atomic E-state index is 0.222. The van der Waals surface area contributed by atoms with Gasteiger partial charge in [-0.2, -0.15) is 0 Å². The lowest BCUT2D eigenvalue weighted by Crippen LogP contribution is -2.20. The fraction of sp³-hybridized carbons (Fsp3) is 0.200. The van der Waals surface area contributed by atoms with E-state index in [0.717, 1.165) is 42.4 Å². The molecule has 6 heteroatoms. The third kappa shape index (κ3) is 3.49. The summed E-state index contributed by atoms with van der Waals surface area (Å²) in [6, 6.07) is 10.4. The molecule has 1 aliphatic heterocycles. The van der Waals surface area contributed by atoms with Gasteiger partial charge in [-0.3, -0.25) is 0 Å². The van der Waals surface area contributed by atoms with E-state index in [1.165, 1.54) is 5.56 Å². The van der Waals surface area contributed by atoms with Gasteiger partial charge < -0.3 is 10.1 Å². The number of hydrogen-bond acceptors (Lipinski definition) is 2. The lowest BCUT2D eigenvalue weighted by atomic mass is 10.0. The Hall–Kier alpha value is -0.0400. The van der Waals surface area contributed by atoms with Crippen LogP contribution in [0, 0.1) is 0 Å². The summed E-state index contributed by atoms with van der Waals surface area (Å²) in [5.41, 5.74) is 2.23. The first-order valence-electron chi connectivity index (χ1n) is 6.38. The van der Waals surface area contributed by atoms with Gasteiger partial charge in [0.15, 0.2) is 0 Å². The van der Waals surface area contributed by atoms with E-state index in [0.29, 0.717) is 0 Å². The first kappa shape index (κ1) is 15.8. The molecule has 1 unspecified atom stereocenters. The molecule has 0 aliphatic carbocycles. The monoisotopic (exact) mass is 537 g/mol. The fourth-order valence-electron chi connectivity index (χ4n) is 2.37. The summed E-state index contributed by atoms with van der Waals surface area (Å²) in [6.45, 7) is 0.720. The Morgan fingerprint density at radius 1 is 0.952 bits per heavy atom. The molecule has 0 saturated carbocycles. The van der Waals surface area contributed by atoms with E-state index in [1.807, 2.05) is 24.3 Å². The Balaban J connectivity index is 1.96. The van der Waals surface area contributed by atoms with Gasteiger partial charge in [-0.25, -0.2) is 0 Å². The zero-order chi connectivity index (χ0) is 15.0. The minimum Gasteiger partial charge on any atom is -0.493 e. The summed E-state index contributed by atoms with van der Waals surface area (Å²) < 4.78 is 9.87. The summed E-state index contributed by atoms with van der Waals surface area (Å²) in [4.78, 5) is 0. The number of nitrogens with one attached hydrogen (secondary N) is 1. The van der Waals surface area contributed by atoms with Crippen LogP contribution < -0.4 is 10.1 Å². The Morgan fingerprint density at radius 3 is 2.38 bits per heavy atom. The highest BCUT2D eigenvalue weighted by Crippen LogP contribution is 2.40. The number of fused-ring (bicyclic) bond motifs is 1. The molecule has 0 spiro atoms. The fourth-order valence-corrected chi connectivity index (χ4v) is 5.24. The van der Waals surface area contributed by atoms with Crippen LogP contribution in [-0.4, -0.2) is 6.61 Å². The number of benzene rings is 2. The molecule has 0 aromatic heterocycles. The van der Waals surface area contributed by atoms with Crippen molar-refractivity contribution in [1.82, 2.24) is 0 Å². The van der Waals surface area contributed by atoms with Gasteiger partial charge in [0.05, 0.1) is 18.3 Å². The molecule has 3 rings (SSSR count). The van der Waals surface area contributed by atoms with Gasteiger partial charge in [0, 0.05) is 29.9 Å². The van der Waals surface area contributed by atoms with Crippen molar-refractivity contribution in [2.24, 2.45) is 0 Å². The highest BCUT2D eigenvalue weighted by Gasteiger charge is 2.23. The molecular weight excluding hydrogens is 530 g/mol. The average molecular weight is 541 g/mol. The van der Waals surface area contributed by atoms with Crippen molar-refractivity contribution in [2.45, 2.75) is 12.5 Å². The standard InChI is InChI=1S/C15H11Br4NO/c16-8-1-2-14-10(5-8)13(3-4-21-14)20-15-11(18)6-9(17)7-12(15)19/h1-2,5-7,13,20H,3-4H2. The number of ether oxygens (including phenoxy) is 1. The summed E-state index contributed by atoms with van der Waals surface area (Å²) in [5.74, 6) is 0.950. The zero-order valence-corrected chi connectivity index (χ0v) is 17.1. The number of anilines is 1. The van der Waals surface area contributed by atoms with E-state index in [1.54, 1.807) is 0 Å². The first-order valence-corrected chi connectivity index (χ1v) is 9.55. The largest absolute Gasteiger partial charge is 0.493 e. The Morgan fingerprint density at radius 2 is 1.67 bits per heavy atom. The predicted octanol–water partition coefficient (Wildman–Crippen LogP) is 6.67. The molecule has 110 valence electrons. The first-order chi connectivity index (χ1) is 10.0. The molecule has 1 heterocycles. The molecule has 0 fully saturated rings. The Kier molecular flexibility index (Phi) is 4.98. The van der Waals surface area contributed by atoms with Crippen LogP contribution in [0.4, 0.5) is 5.69 Å². The van der Waals surface area contributed by atoms with E-state index >= 15 is 0 Å². The molecule has 1 aliphatic rings. The van der Waals surface area contributed by atoms with Gasteiger partial charge in [-0.1, -0.05) is 31.9 Å². The molecule has 1 N–H and O–H groups in total. The number of hydrogen-bond donors (Lipinski definition) is 1. The van der Waals surface area contributed by atoms with Crippen molar-refractivity contribution >= 4 is 69.4 Å². The van der Waals surface area contributed by atoms with Crippen LogP contribution in [0.1, 0.15) is 18.0 Å².